The molecule has 0 aromatic carbocycles. The van der Waals surface area contributed by atoms with E-state index in [9.17, 15) is 4.79 Å². The van der Waals surface area contributed by atoms with Crippen LogP contribution >= 0.6 is 12.4 Å². The Labute approximate surface area is 111 Å². The van der Waals surface area contributed by atoms with Crippen LogP contribution in [0, 0.1) is 5.92 Å². The summed E-state index contributed by atoms with van der Waals surface area (Å²) in [6, 6.07) is 0. The molecule has 0 unspecified atom stereocenters. The molecule has 4 heteroatoms. The van der Waals surface area contributed by atoms with E-state index >= 15 is 0 Å². The van der Waals surface area contributed by atoms with E-state index < -0.39 is 0 Å². The fourth-order valence-corrected chi connectivity index (χ4v) is 1.95. The van der Waals surface area contributed by atoms with Crippen molar-refractivity contribution in [3.05, 3.63) is 11.6 Å². The van der Waals surface area contributed by atoms with Gasteiger partial charge in [0.25, 0.3) is 0 Å². The lowest BCUT2D eigenvalue weighted by Gasteiger charge is -2.16. The lowest BCUT2D eigenvalue weighted by atomic mass is 9.99. The van der Waals surface area contributed by atoms with Crippen LogP contribution in [0.5, 0.6) is 0 Å². The van der Waals surface area contributed by atoms with Crippen LogP contribution < -0.4 is 10.6 Å². The Balaban J connectivity index is 0.00000256. The third-order valence-corrected chi connectivity index (χ3v) is 3.30. The minimum atomic E-state index is 0. The van der Waals surface area contributed by atoms with Gasteiger partial charge >= 0.3 is 0 Å². The average molecular weight is 261 g/mol. The molecule has 1 amide bonds. The summed E-state index contributed by atoms with van der Waals surface area (Å²) < 4.78 is 0. The van der Waals surface area contributed by atoms with Gasteiger partial charge in [0, 0.05) is 19.5 Å². The lowest BCUT2D eigenvalue weighted by Crippen LogP contribution is -2.30. The first kappa shape index (κ1) is 16.5. The van der Waals surface area contributed by atoms with Crippen molar-refractivity contribution in [3.63, 3.8) is 0 Å². The lowest BCUT2D eigenvalue weighted by molar-refractivity contribution is -0.121. The van der Waals surface area contributed by atoms with Crippen LogP contribution in [0.15, 0.2) is 11.6 Å². The Hall–Kier alpha value is -0.540. The number of nitrogens with one attached hydrogen (secondary N) is 2. The summed E-state index contributed by atoms with van der Waals surface area (Å²) in [6.45, 7) is 7.01. The van der Waals surface area contributed by atoms with Crippen LogP contribution in [0.2, 0.25) is 0 Å². The van der Waals surface area contributed by atoms with Crippen molar-refractivity contribution in [3.8, 4) is 0 Å². The van der Waals surface area contributed by atoms with Crippen LogP contribution in [0.4, 0.5) is 0 Å². The van der Waals surface area contributed by atoms with Crippen LogP contribution in [0.3, 0.4) is 0 Å². The molecule has 100 valence electrons. The molecule has 1 aliphatic rings. The van der Waals surface area contributed by atoms with Gasteiger partial charge < -0.3 is 10.6 Å². The Kier molecular flexibility index (Phi) is 9.18. The van der Waals surface area contributed by atoms with Gasteiger partial charge in [0.2, 0.25) is 5.91 Å². The third-order valence-electron chi connectivity index (χ3n) is 3.30. The Morgan fingerprint density at radius 3 is 2.71 bits per heavy atom. The van der Waals surface area contributed by atoms with Crippen LogP contribution in [0.1, 0.15) is 39.5 Å². The molecule has 0 aliphatic carbocycles. The molecule has 0 radical (unpaired) electrons. The molecule has 1 heterocycles. The van der Waals surface area contributed by atoms with Crippen LogP contribution in [0.25, 0.3) is 0 Å². The number of halogens is 1. The van der Waals surface area contributed by atoms with Gasteiger partial charge in [-0.1, -0.05) is 38.3 Å². The van der Waals surface area contributed by atoms with E-state index in [0.717, 1.165) is 38.9 Å². The second-order valence-corrected chi connectivity index (χ2v) is 4.48. The summed E-state index contributed by atoms with van der Waals surface area (Å²) in [5, 5.41) is 6.28. The Morgan fingerprint density at radius 1 is 1.47 bits per heavy atom. The second-order valence-electron chi connectivity index (χ2n) is 4.48. The van der Waals surface area contributed by atoms with Crippen molar-refractivity contribution in [2.75, 3.05) is 19.6 Å². The highest BCUT2D eigenvalue weighted by Gasteiger charge is 2.10. The predicted octanol–water partition coefficient (Wildman–Crippen LogP) is 2.27. The summed E-state index contributed by atoms with van der Waals surface area (Å²) in [5.41, 5.74) is 1.36. The first-order valence-electron chi connectivity index (χ1n) is 6.41. The average Bonchev–Trinajstić information content (AvgIpc) is 2.34. The topological polar surface area (TPSA) is 41.1 Å². The Bertz CT molecular complexity index is 250. The fraction of sp³-hybridized carbons (Fsp3) is 0.769. The zero-order chi connectivity index (χ0) is 11.8. The van der Waals surface area contributed by atoms with Gasteiger partial charge in [-0.15, -0.1) is 12.4 Å². The molecule has 0 aromatic heterocycles. The minimum absolute atomic E-state index is 0. The molecule has 0 atom stereocenters. The van der Waals surface area contributed by atoms with Gasteiger partial charge in [0.15, 0.2) is 0 Å². The summed E-state index contributed by atoms with van der Waals surface area (Å²) in [4.78, 5) is 11.7. The van der Waals surface area contributed by atoms with Crippen molar-refractivity contribution in [2.24, 2.45) is 5.92 Å². The number of amides is 1. The van der Waals surface area contributed by atoms with Crippen molar-refractivity contribution in [1.29, 1.82) is 0 Å². The summed E-state index contributed by atoms with van der Waals surface area (Å²) in [5.74, 6) is 0.745. The van der Waals surface area contributed by atoms with Crippen molar-refractivity contribution in [1.82, 2.24) is 10.6 Å². The van der Waals surface area contributed by atoms with E-state index in [2.05, 4.69) is 30.6 Å². The highest BCUT2D eigenvalue weighted by Crippen LogP contribution is 2.12. The first-order valence-corrected chi connectivity index (χ1v) is 6.41. The zero-order valence-corrected chi connectivity index (χ0v) is 11.7. The van der Waals surface area contributed by atoms with Gasteiger partial charge in [-0.25, -0.2) is 0 Å². The summed E-state index contributed by atoms with van der Waals surface area (Å²) >= 11 is 0. The molecule has 2 N–H and O–H groups in total. The maximum atomic E-state index is 11.7. The molecule has 0 bridgehead atoms. The van der Waals surface area contributed by atoms with Crippen LogP contribution in [-0.2, 0) is 4.79 Å². The molecule has 3 nitrogen and oxygen atoms in total. The predicted molar refractivity (Wildman–Crippen MR) is 74.5 cm³/mol. The highest BCUT2D eigenvalue weighted by molar-refractivity contribution is 5.85. The molecule has 17 heavy (non-hydrogen) atoms. The molecule has 1 aliphatic heterocycles. The van der Waals surface area contributed by atoms with Crippen LogP contribution in [-0.4, -0.2) is 25.5 Å². The maximum absolute atomic E-state index is 11.7. The van der Waals surface area contributed by atoms with Gasteiger partial charge in [-0.3, -0.25) is 4.79 Å². The molecule has 0 fully saturated rings. The highest BCUT2D eigenvalue weighted by atomic mass is 35.5. The standard InChI is InChI=1S/C13H24N2O.ClH/c1-3-11(4-2)9-13(16)15-10-12-5-7-14-8-6-12;/h5,11,14H,3-4,6-10H2,1-2H3,(H,15,16);1H. The molecule has 0 saturated heterocycles. The van der Waals surface area contributed by atoms with Crippen molar-refractivity contribution in [2.45, 2.75) is 39.5 Å². The van der Waals surface area contributed by atoms with E-state index in [-0.39, 0.29) is 18.3 Å². The second kappa shape index (κ2) is 9.49. The molecule has 1 rings (SSSR count). The molecule has 0 saturated carbocycles. The summed E-state index contributed by atoms with van der Waals surface area (Å²) in [7, 11) is 0. The third kappa shape index (κ3) is 6.69. The molecular weight excluding hydrogens is 236 g/mol. The normalized spacial score (nSPS) is 15.1. The minimum Gasteiger partial charge on any atom is -0.352 e. The first-order chi connectivity index (χ1) is 7.76. The largest absolute Gasteiger partial charge is 0.352 e. The maximum Gasteiger partial charge on any atom is 0.220 e. The monoisotopic (exact) mass is 260 g/mol. The SMILES string of the molecule is CCC(CC)CC(=O)NCC1=CCNCC1.Cl. The van der Waals surface area contributed by atoms with E-state index in [1.807, 2.05) is 0 Å². The fourth-order valence-electron chi connectivity index (χ4n) is 1.95. The van der Waals surface area contributed by atoms with Gasteiger partial charge in [0.05, 0.1) is 0 Å². The van der Waals surface area contributed by atoms with Gasteiger partial charge in [-0.05, 0) is 18.9 Å². The van der Waals surface area contributed by atoms with Crippen molar-refractivity contribution >= 4 is 18.3 Å². The van der Waals surface area contributed by atoms with Gasteiger partial charge in [-0.2, -0.15) is 0 Å². The zero-order valence-electron chi connectivity index (χ0n) is 10.9. The quantitative estimate of drug-likeness (QED) is 0.720. The van der Waals surface area contributed by atoms with Crippen molar-refractivity contribution < 1.29 is 4.79 Å². The number of hydrogen-bond acceptors (Lipinski definition) is 2. The number of hydrogen-bond donors (Lipinski definition) is 2. The number of rotatable bonds is 6. The van der Waals surface area contributed by atoms with Gasteiger partial charge in [0.1, 0.15) is 0 Å². The Morgan fingerprint density at radius 2 is 2.18 bits per heavy atom. The van der Waals surface area contributed by atoms with E-state index in [1.165, 1.54) is 5.57 Å². The molecule has 0 spiro atoms. The number of carbonyl (C=O) groups excluding carboxylic acids is 1. The number of carbonyl (C=O) groups is 1. The molecular formula is C13H25ClN2O. The van der Waals surface area contributed by atoms with E-state index in [1.54, 1.807) is 0 Å². The van der Waals surface area contributed by atoms with E-state index in [0.29, 0.717) is 12.3 Å². The van der Waals surface area contributed by atoms with E-state index in [4.69, 9.17) is 0 Å². The smallest absolute Gasteiger partial charge is 0.220 e. The molecule has 0 aromatic rings. The summed E-state index contributed by atoms with van der Waals surface area (Å²) in [6.07, 6.45) is 6.11.